The van der Waals surface area contributed by atoms with E-state index < -0.39 is 36.1 Å². The Labute approximate surface area is 188 Å². The Kier molecular flexibility index (Phi) is 6.75. The molecule has 7 nitrogen and oxygen atoms in total. The summed E-state index contributed by atoms with van der Waals surface area (Å²) in [4.78, 5) is 38.5. The Balaban J connectivity index is 1.90. The number of fused-ring (bicyclic) bond motifs is 1. The number of benzene rings is 2. The Morgan fingerprint density at radius 2 is 1.82 bits per heavy atom. The average Bonchev–Trinajstić information content (AvgIpc) is 2.84. The zero-order valence-electron chi connectivity index (χ0n) is 18.2. The molecule has 10 heteroatoms. The summed E-state index contributed by atoms with van der Waals surface area (Å²) in [6, 6.07) is 7.74. The lowest BCUT2D eigenvalue weighted by molar-refractivity contribution is -0.140. The molecule has 0 atom stereocenters. The van der Waals surface area contributed by atoms with Gasteiger partial charge in [0.15, 0.2) is 0 Å². The van der Waals surface area contributed by atoms with Crippen molar-refractivity contribution in [1.82, 2.24) is 0 Å². The zero-order valence-corrected chi connectivity index (χ0v) is 18.2. The number of methoxy groups -OCH3 is 1. The molecule has 2 N–H and O–H groups in total. The van der Waals surface area contributed by atoms with Gasteiger partial charge in [-0.3, -0.25) is 19.3 Å². The van der Waals surface area contributed by atoms with Gasteiger partial charge in [0.05, 0.1) is 30.5 Å². The predicted molar refractivity (Wildman–Crippen MR) is 117 cm³/mol. The Hall–Kier alpha value is -3.82. The quantitative estimate of drug-likeness (QED) is 0.653. The van der Waals surface area contributed by atoms with Crippen molar-refractivity contribution >= 4 is 34.8 Å². The van der Waals surface area contributed by atoms with Gasteiger partial charge in [-0.2, -0.15) is 13.2 Å². The minimum Gasteiger partial charge on any atom is -0.469 e. The Bertz CT molecular complexity index is 1140. The molecule has 0 radical (unpaired) electrons. The fraction of sp³-hybridized carbons (Fsp3) is 0.261. The van der Waals surface area contributed by atoms with Crippen molar-refractivity contribution < 1.29 is 32.3 Å². The maximum Gasteiger partial charge on any atom is 0.416 e. The van der Waals surface area contributed by atoms with Crippen LogP contribution in [0.3, 0.4) is 0 Å². The van der Waals surface area contributed by atoms with Crippen LogP contribution < -0.4 is 15.5 Å². The molecule has 1 aliphatic heterocycles. The second-order valence-electron chi connectivity index (χ2n) is 7.55. The van der Waals surface area contributed by atoms with Crippen LogP contribution in [0.5, 0.6) is 0 Å². The minimum atomic E-state index is -4.55. The number of aryl methyl sites for hydroxylation is 2. The number of hydrogen-bond acceptors (Lipinski definition) is 5. The highest BCUT2D eigenvalue weighted by atomic mass is 19.4. The SMILES string of the molecule is COC(=O)CC1=CC(=O)N(CC(=O)Nc2cccc(C(F)(F)F)c2)c2cc(C)c(C)cc2N1. The number of esters is 1. The number of ether oxygens (including phenoxy) is 1. The van der Waals surface area contributed by atoms with Crippen LogP contribution >= 0.6 is 0 Å². The number of amides is 2. The van der Waals surface area contributed by atoms with E-state index in [-0.39, 0.29) is 17.8 Å². The fourth-order valence-electron chi connectivity index (χ4n) is 3.28. The van der Waals surface area contributed by atoms with Crippen molar-refractivity contribution in [2.75, 3.05) is 29.2 Å². The normalized spacial score (nSPS) is 13.5. The van der Waals surface area contributed by atoms with Crippen LogP contribution in [0.4, 0.5) is 30.2 Å². The first-order valence-corrected chi connectivity index (χ1v) is 9.92. The first kappa shape index (κ1) is 23.8. The highest BCUT2D eigenvalue weighted by Crippen LogP contribution is 2.34. The van der Waals surface area contributed by atoms with Gasteiger partial charge in [0.25, 0.3) is 5.91 Å². The number of alkyl halides is 3. The van der Waals surface area contributed by atoms with Gasteiger partial charge in [-0.05, 0) is 55.3 Å². The molecule has 0 unspecified atom stereocenters. The van der Waals surface area contributed by atoms with E-state index >= 15 is 0 Å². The lowest BCUT2D eigenvalue weighted by Gasteiger charge is -2.23. The predicted octanol–water partition coefficient (Wildman–Crippen LogP) is 4.17. The first-order valence-electron chi connectivity index (χ1n) is 9.92. The summed E-state index contributed by atoms with van der Waals surface area (Å²) in [5.74, 6) is -1.80. The molecule has 3 rings (SSSR count). The number of nitrogens with one attached hydrogen (secondary N) is 2. The van der Waals surface area contributed by atoms with Crippen LogP contribution in [0.2, 0.25) is 0 Å². The summed E-state index contributed by atoms with van der Waals surface area (Å²) in [6.07, 6.45) is -3.54. The van der Waals surface area contributed by atoms with Crippen LogP contribution in [0.1, 0.15) is 23.1 Å². The maximum absolute atomic E-state index is 13.0. The zero-order chi connectivity index (χ0) is 24.3. The molecule has 0 saturated heterocycles. The molecule has 0 aromatic heterocycles. The van der Waals surface area contributed by atoms with E-state index in [1.54, 1.807) is 12.1 Å². The van der Waals surface area contributed by atoms with Crippen molar-refractivity contribution in [3.8, 4) is 0 Å². The molecule has 0 aliphatic carbocycles. The van der Waals surface area contributed by atoms with Crippen LogP contribution in [0.25, 0.3) is 0 Å². The van der Waals surface area contributed by atoms with E-state index in [0.717, 1.165) is 23.3 Å². The molecular formula is C23H22F3N3O4. The lowest BCUT2D eigenvalue weighted by Crippen LogP contribution is -2.37. The molecule has 174 valence electrons. The number of hydrogen-bond donors (Lipinski definition) is 2. The third-order valence-electron chi connectivity index (χ3n) is 5.10. The first-order chi connectivity index (χ1) is 15.5. The Morgan fingerprint density at radius 3 is 2.48 bits per heavy atom. The van der Waals surface area contributed by atoms with Crippen LogP contribution in [-0.4, -0.2) is 31.4 Å². The third-order valence-corrected chi connectivity index (χ3v) is 5.10. The molecule has 2 aromatic carbocycles. The van der Waals surface area contributed by atoms with E-state index in [0.29, 0.717) is 11.4 Å². The van der Waals surface area contributed by atoms with Gasteiger partial charge in [-0.1, -0.05) is 6.07 Å². The second kappa shape index (κ2) is 9.35. The highest BCUT2D eigenvalue weighted by Gasteiger charge is 2.31. The molecule has 2 amide bonds. The lowest BCUT2D eigenvalue weighted by atomic mass is 10.1. The maximum atomic E-state index is 13.0. The third kappa shape index (κ3) is 5.71. The van der Waals surface area contributed by atoms with E-state index in [9.17, 15) is 27.6 Å². The molecule has 1 heterocycles. The van der Waals surface area contributed by atoms with Gasteiger partial charge in [0.2, 0.25) is 5.91 Å². The number of carbonyl (C=O) groups excluding carboxylic acids is 3. The van der Waals surface area contributed by atoms with Gasteiger partial charge in [-0.15, -0.1) is 0 Å². The molecule has 0 fully saturated rings. The number of rotatable bonds is 5. The van der Waals surface area contributed by atoms with E-state index in [4.69, 9.17) is 0 Å². The van der Waals surface area contributed by atoms with Crippen LogP contribution in [0.15, 0.2) is 48.2 Å². The molecule has 0 saturated carbocycles. The molecular weight excluding hydrogens is 439 g/mol. The number of halogens is 3. The number of anilines is 3. The number of nitrogens with zero attached hydrogens (tertiary/aromatic N) is 1. The molecule has 33 heavy (non-hydrogen) atoms. The van der Waals surface area contributed by atoms with Crippen molar-refractivity contribution in [2.45, 2.75) is 26.4 Å². The van der Waals surface area contributed by atoms with Gasteiger partial charge in [0.1, 0.15) is 6.54 Å². The van der Waals surface area contributed by atoms with Crippen molar-refractivity contribution in [3.05, 3.63) is 64.9 Å². The summed E-state index contributed by atoms with van der Waals surface area (Å²) in [7, 11) is 1.23. The molecule has 0 spiro atoms. The summed E-state index contributed by atoms with van der Waals surface area (Å²) < 4.78 is 43.5. The average molecular weight is 461 g/mol. The summed E-state index contributed by atoms with van der Waals surface area (Å²) >= 11 is 0. The van der Waals surface area contributed by atoms with Gasteiger partial charge in [0, 0.05) is 17.5 Å². The molecule has 1 aliphatic rings. The van der Waals surface area contributed by atoms with E-state index in [1.807, 2.05) is 13.8 Å². The largest absolute Gasteiger partial charge is 0.469 e. The second-order valence-corrected chi connectivity index (χ2v) is 7.55. The van der Waals surface area contributed by atoms with Crippen molar-refractivity contribution in [2.24, 2.45) is 0 Å². The topological polar surface area (TPSA) is 87.7 Å². The number of carbonyl (C=O) groups is 3. The molecule has 2 aromatic rings. The summed E-state index contributed by atoms with van der Waals surface area (Å²) in [5, 5.41) is 5.45. The Morgan fingerprint density at radius 1 is 1.12 bits per heavy atom. The van der Waals surface area contributed by atoms with E-state index in [2.05, 4.69) is 15.4 Å². The smallest absolute Gasteiger partial charge is 0.416 e. The minimum absolute atomic E-state index is 0.0440. The van der Waals surface area contributed by atoms with E-state index in [1.165, 1.54) is 30.2 Å². The van der Waals surface area contributed by atoms with Crippen molar-refractivity contribution in [1.29, 1.82) is 0 Å². The molecule has 0 bridgehead atoms. The van der Waals surface area contributed by atoms with Gasteiger partial charge >= 0.3 is 12.1 Å². The van der Waals surface area contributed by atoms with Crippen molar-refractivity contribution in [3.63, 3.8) is 0 Å². The standard InChI is InChI=1S/C23H22F3N3O4/c1-13-7-18-19(8-14(13)2)29(21(31)10-17(27-18)11-22(32)33-3)12-20(30)28-16-6-4-5-15(9-16)23(24,25)26/h4-10,27H,11-12H2,1-3H3,(H,28,30). The summed E-state index contributed by atoms with van der Waals surface area (Å²) in [5.41, 5.74) is 2.03. The monoisotopic (exact) mass is 461 g/mol. The highest BCUT2D eigenvalue weighted by molar-refractivity contribution is 6.10. The van der Waals surface area contributed by atoms with Crippen LogP contribution in [0, 0.1) is 13.8 Å². The van der Waals surface area contributed by atoms with Crippen LogP contribution in [-0.2, 0) is 25.3 Å². The summed E-state index contributed by atoms with van der Waals surface area (Å²) in [6.45, 7) is 3.27. The van der Waals surface area contributed by atoms with Gasteiger partial charge in [-0.25, -0.2) is 0 Å². The van der Waals surface area contributed by atoms with Gasteiger partial charge < -0.3 is 15.4 Å². The fourth-order valence-corrected chi connectivity index (χ4v) is 3.28.